The third kappa shape index (κ3) is 4.35. The number of aromatic amines is 1. The van der Waals surface area contributed by atoms with Gasteiger partial charge in [-0.1, -0.05) is 6.07 Å². The minimum Gasteiger partial charge on any atom is -0.323 e. The zero-order chi connectivity index (χ0) is 21.9. The first kappa shape index (κ1) is 19.9. The number of pyridine rings is 1. The summed E-state index contributed by atoms with van der Waals surface area (Å²) in [6, 6.07) is 14.9. The van der Waals surface area contributed by atoms with Crippen LogP contribution >= 0.6 is 11.9 Å². The SMILES string of the molecule is Cc1cc(NC2=CN(Sc3ccc(NC(=O)c4ccccn4)cc3)Cc3nccn32)n[nH]1. The Kier molecular flexibility index (Phi) is 5.34. The average Bonchev–Trinajstić information content (AvgIpc) is 3.44. The summed E-state index contributed by atoms with van der Waals surface area (Å²) in [5.41, 5.74) is 2.08. The van der Waals surface area contributed by atoms with Gasteiger partial charge in [0, 0.05) is 40.9 Å². The number of hydrogen-bond donors (Lipinski definition) is 3. The molecule has 1 aliphatic heterocycles. The molecule has 0 radical (unpaired) electrons. The van der Waals surface area contributed by atoms with E-state index in [0.717, 1.165) is 28.1 Å². The van der Waals surface area contributed by atoms with Gasteiger partial charge in [0.25, 0.3) is 5.91 Å². The highest BCUT2D eigenvalue weighted by Crippen LogP contribution is 2.30. The van der Waals surface area contributed by atoms with Crippen molar-refractivity contribution in [2.75, 3.05) is 10.6 Å². The highest BCUT2D eigenvalue weighted by atomic mass is 32.2. The zero-order valence-electron chi connectivity index (χ0n) is 17.2. The lowest BCUT2D eigenvalue weighted by Crippen LogP contribution is -2.23. The second kappa shape index (κ2) is 8.60. The van der Waals surface area contributed by atoms with E-state index in [1.54, 1.807) is 42.5 Å². The molecule has 0 aliphatic carbocycles. The van der Waals surface area contributed by atoms with Gasteiger partial charge in [0.1, 0.15) is 17.3 Å². The van der Waals surface area contributed by atoms with Crippen molar-refractivity contribution < 1.29 is 4.79 Å². The molecule has 1 aromatic carbocycles. The summed E-state index contributed by atoms with van der Waals surface area (Å²) in [5, 5.41) is 13.4. The molecule has 0 spiro atoms. The normalized spacial score (nSPS) is 12.8. The Balaban J connectivity index is 1.28. The number of amides is 1. The van der Waals surface area contributed by atoms with Crippen molar-refractivity contribution in [2.45, 2.75) is 18.4 Å². The van der Waals surface area contributed by atoms with Crippen LogP contribution in [-0.2, 0) is 6.54 Å². The van der Waals surface area contributed by atoms with Crippen molar-refractivity contribution in [2.24, 2.45) is 0 Å². The molecule has 0 bridgehead atoms. The number of aromatic nitrogens is 5. The number of hydrogen-bond acceptors (Lipinski definition) is 7. The second-order valence-electron chi connectivity index (χ2n) is 7.15. The fourth-order valence-electron chi connectivity index (χ4n) is 3.25. The molecular formula is C22H20N8OS. The van der Waals surface area contributed by atoms with Gasteiger partial charge < -0.3 is 14.9 Å². The summed E-state index contributed by atoms with van der Waals surface area (Å²) < 4.78 is 4.11. The number of nitrogens with one attached hydrogen (secondary N) is 3. The largest absolute Gasteiger partial charge is 0.323 e. The molecule has 160 valence electrons. The summed E-state index contributed by atoms with van der Waals surface area (Å²) in [7, 11) is 0. The molecule has 1 aliphatic rings. The van der Waals surface area contributed by atoms with Gasteiger partial charge in [0.15, 0.2) is 5.82 Å². The van der Waals surface area contributed by atoms with Crippen molar-refractivity contribution in [3.8, 4) is 0 Å². The van der Waals surface area contributed by atoms with E-state index in [0.29, 0.717) is 17.9 Å². The zero-order valence-corrected chi connectivity index (χ0v) is 18.0. The molecule has 4 aromatic rings. The first-order valence-corrected chi connectivity index (χ1v) is 10.7. The van der Waals surface area contributed by atoms with Gasteiger partial charge in [-0.2, -0.15) is 5.10 Å². The summed E-state index contributed by atoms with van der Waals surface area (Å²) >= 11 is 1.59. The van der Waals surface area contributed by atoms with Crippen molar-refractivity contribution in [1.82, 2.24) is 29.0 Å². The smallest absolute Gasteiger partial charge is 0.274 e. The quantitative estimate of drug-likeness (QED) is 0.387. The third-order valence-electron chi connectivity index (χ3n) is 4.73. The molecule has 5 rings (SSSR count). The average molecular weight is 445 g/mol. The second-order valence-corrected chi connectivity index (χ2v) is 8.27. The number of H-pyrrole nitrogens is 1. The lowest BCUT2D eigenvalue weighted by molar-refractivity contribution is 0.102. The highest BCUT2D eigenvalue weighted by molar-refractivity contribution is 7.97. The van der Waals surface area contributed by atoms with Crippen LogP contribution in [0.5, 0.6) is 0 Å². The van der Waals surface area contributed by atoms with Crippen LogP contribution in [0, 0.1) is 6.92 Å². The lowest BCUT2D eigenvalue weighted by atomic mass is 10.3. The summed E-state index contributed by atoms with van der Waals surface area (Å²) in [6.07, 6.45) is 7.34. The number of carbonyl (C=O) groups excluding carboxylic acids is 1. The third-order valence-corrected chi connectivity index (χ3v) is 5.69. The van der Waals surface area contributed by atoms with Crippen LogP contribution in [0.25, 0.3) is 5.82 Å². The van der Waals surface area contributed by atoms with Crippen LogP contribution in [0.3, 0.4) is 0 Å². The van der Waals surface area contributed by atoms with Gasteiger partial charge in [-0.25, -0.2) is 4.98 Å². The van der Waals surface area contributed by atoms with Gasteiger partial charge in [-0.05, 0) is 55.3 Å². The molecule has 3 N–H and O–H groups in total. The number of rotatable bonds is 6. The number of anilines is 2. The fourth-order valence-corrected chi connectivity index (χ4v) is 4.11. The molecule has 0 atom stereocenters. The van der Waals surface area contributed by atoms with E-state index in [-0.39, 0.29) is 5.91 Å². The molecule has 10 heteroatoms. The fraction of sp³-hybridized carbons (Fsp3) is 0.0909. The number of benzene rings is 1. The molecule has 9 nitrogen and oxygen atoms in total. The monoisotopic (exact) mass is 444 g/mol. The Morgan fingerprint density at radius 2 is 2.00 bits per heavy atom. The van der Waals surface area contributed by atoms with Crippen LogP contribution in [0.2, 0.25) is 0 Å². The van der Waals surface area contributed by atoms with Gasteiger partial charge >= 0.3 is 0 Å². The van der Waals surface area contributed by atoms with E-state index in [9.17, 15) is 4.79 Å². The summed E-state index contributed by atoms with van der Waals surface area (Å²) in [4.78, 5) is 21.9. The molecule has 32 heavy (non-hydrogen) atoms. The van der Waals surface area contributed by atoms with Crippen LogP contribution in [-0.4, -0.2) is 34.9 Å². The maximum absolute atomic E-state index is 12.3. The minimum absolute atomic E-state index is 0.235. The molecule has 0 saturated carbocycles. The number of fused-ring (bicyclic) bond motifs is 1. The Bertz CT molecular complexity index is 1260. The maximum Gasteiger partial charge on any atom is 0.274 e. The first-order valence-electron chi connectivity index (χ1n) is 9.94. The van der Waals surface area contributed by atoms with Crippen molar-refractivity contribution in [3.63, 3.8) is 0 Å². The van der Waals surface area contributed by atoms with E-state index in [1.807, 2.05) is 54.2 Å². The number of imidazole rings is 1. The van der Waals surface area contributed by atoms with E-state index >= 15 is 0 Å². The topological polar surface area (TPSA) is 104 Å². The Hall–Kier alpha value is -4.05. The Morgan fingerprint density at radius 3 is 2.75 bits per heavy atom. The van der Waals surface area contributed by atoms with Gasteiger partial charge in [-0.15, -0.1) is 0 Å². The van der Waals surface area contributed by atoms with E-state index < -0.39 is 0 Å². The lowest BCUT2D eigenvalue weighted by Gasteiger charge is -2.26. The molecule has 0 fully saturated rings. The van der Waals surface area contributed by atoms with E-state index in [4.69, 9.17) is 0 Å². The molecule has 0 saturated heterocycles. The maximum atomic E-state index is 12.3. The first-order chi connectivity index (χ1) is 15.6. The van der Waals surface area contributed by atoms with E-state index in [2.05, 4.69) is 35.1 Å². The molecule has 4 heterocycles. The molecular weight excluding hydrogens is 424 g/mol. The number of aryl methyl sites for hydroxylation is 1. The van der Waals surface area contributed by atoms with Crippen molar-refractivity contribution in [1.29, 1.82) is 0 Å². The standard InChI is InChI=1S/C22H20N8OS/c1-15-12-19(28-27-15)26-21-14-29(13-20-24-10-11-30(20)21)32-17-7-5-16(6-8-17)25-22(31)18-4-2-3-9-23-18/h2-12,14H,13H2,1H3,(H,25,31)(H2,26,27,28). The van der Waals surface area contributed by atoms with Gasteiger partial charge in [-0.3, -0.25) is 19.4 Å². The van der Waals surface area contributed by atoms with E-state index in [1.165, 1.54) is 0 Å². The highest BCUT2D eigenvalue weighted by Gasteiger charge is 2.19. The molecule has 0 unspecified atom stereocenters. The van der Waals surface area contributed by atoms with Crippen molar-refractivity contribution >= 4 is 35.2 Å². The van der Waals surface area contributed by atoms with Gasteiger partial charge in [0.05, 0.1) is 12.7 Å². The Morgan fingerprint density at radius 1 is 1.12 bits per heavy atom. The van der Waals surface area contributed by atoms with Gasteiger partial charge in [0.2, 0.25) is 0 Å². The Labute approximate surface area is 188 Å². The van der Waals surface area contributed by atoms with Crippen LogP contribution in [0.1, 0.15) is 22.0 Å². The van der Waals surface area contributed by atoms with Crippen LogP contribution in [0.15, 0.2) is 78.2 Å². The number of nitrogens with zero attached hydrogens (tertiary/aromatic N) is 5. The van der Waals surface area contributed by atoms with Crippen LogP contribution < -0.4 is 10.6 Å². The van der Waals surface area contributed by atoms with Crippen LogP contribution in [0.4, 0.5) is 11.5 Å². The molecule has 1 amide bonds. The summed E-state index contributed by atoms with van der Waals surface area (Å²) in [6.45, 7) is 2.61. The predicted molar refractivity (Wildman–Crippen MR) is 123 cm³/mol. The number of carbonyl (C=O) groups is 1. The molecule has 3 aromatic heterocycles. The minimum atomic E-state index is -0.235. The van der Waals surface area contributed by atoms with Crippen molar-refractivity contribution in [3.05, 3.63) is 90.5 Å². The summed E-state index contributed by atoms with van der Waals surface area (Å²) in [5.74, 6) is 2.30. The predicted octanol–water partition coefficient (Wildman–Crippen LogP) is 3.95.